The van der Waals surface area contributed by atoms with Crippen molar-refractivity contribution in [1.29, 1.82) is 0 Å². The van der Waals surface area contributed by atoms with Crippen molar-refractivity contribution in [2.75, 3.05) is 25.7 Å². The summed E-state index contributed by atoms with van der Waals surface area (Å²) >= 11 is 0. The standard InChI is InChI=1S/C11H15N2/c1-9-4-5-10-7-12(2)8-13(3)11(10)6-9/h4-7H,8H2,1-3H3/q+1. The van der Waals surface area contributed by atoms with Gasteiger partial charge in [-0.05, 0) is 24.6 Å². The van der Waals surface area contributed by atoms with Crippen LogP contribution in [0.3, 0.4) is 0 Å². The van der Waals surface area contributed by atoms with Gasteiger partial charge in [-0.25, -0.2) is 4.58 Å². The van der Waals surface area contributed by atoms with Crippen LogP contribution < -0.4 is 4.90 Å². The first-order chi connectivity index (χ1) is 6.16. The Labute approximate surface area is 79.1 Å². The summed E-state index contributed by atoms with van der Waals surface area (Å²) in [7, 11) is 4.22. The van der Waals surface area contributed by atoms with Crippen LogP contribution >= 0.6 is 0 Å². The average molecular weight is 175 g/mol. The van der Waals surface area contributed by atoms with Crippen LogP contribution in [0.2, 0.25) is 0 Å². The summed E-state index contributed by atoms with van der Waals surface area (Å²) in [4.78, 5) is 2.27. The fraction of sp³-hybridized carbons (Fsp3) is 0.364. The normalized spacial score (nSPS) is 15.3. The number of nitrogens with zero attached hydrogens (tertiary/aromatic N) is 2. The molecular weight excluding hydrogens is 160 g/mol. The van der Waals surface area contributed by atoms with E-state index in [1.807, 2.05) is 0 Å². The van der Waals surface area contributed by atoms with Gasteiger partial charge in [0.1, 0.15) is 7.05 Å². The zero-order valence-corrected chi connectivity index (χ0v) is 8.41. The second kappa shape index (κ2) is 2.87. The number of benzene rings is 1. The van der Waals surface area contributed by atoms with E-state index in [4.69, 9.17) is 0 Å². The predicted octanol–water partition coefficient (Wildman–Crippen LogP) is 1.46. The molecule has 0 aromatic heterocycles. The minimum atomic E-state index is 0.969. The van der Waals surface area contributed by atoms with Gasteiger partial charge in [0.05, 0.1) is 11.3 Å². The SMILES string of the molecule is Cc1ccc2c(c1)N(C)C[N+](C)=C2. The van der Waals surface area contributed by atoms with Gasteiger partial charge in [-0.15, -0.1) is 0 Å². The van der Waals surface area contributed by atoms with Crippen LogP contribution in [0.1, 0.15) is 11.1 Å². The lowest BCUT2D eigenvalue weighted by Gasteiger charge is -2.22. The van der Waals surface area contributed by atoms with E-state index in [0.717, 1.165) is 6.67 Å². The molecule has 1 aliphatic heterocycles. The minimum absolute atomic E-state index is 0.969. The molecule has 0 unspecified atom stereocenters. The van der Waals surface area contributed by atoms with Crippen molar-refractivity contribution in [2.45, 2.75) is 6.92 Å². The Morgan fingerprint density at radius 1 is 1.38 bits per heavy atom. The third-order valence-electron chi connectivity index (χ3n) is 2.39. The Morgan fingerprint density at radius 3 is 2.92 bits per heavy atom. The van der Waals surface area contributed by atoms with E-state index in [1.165, 1.54) is 16.8 Å². The van der Waals surface area contributed by atoms with Crippen LogP contribution in [0.15, 0.2) is 18.2 Å². The molecule has 2 nitrogen and oxygen atoms in total. The molecule has 0 amide bonds. The number of hydrogen-bond donors (Lipinski definition) is 0. The van der Waals surface area contributed by atoms with E-state index in [0.29, 0.717) is 0 Å². The molecule has 0 radical (unpaired) electrons. The Morgan fingerprint density at radius 2 is 2.15 bits per heavy atom. The van der Waals surface area contributed by atoms with Crippen molar-refractivity contribution < 1.29 is 4.58 Å². The first kappa shape index (κ1) is 8.30. The zero-order valence-electron chi connectivity index (χ0n) is 8.41. The highest BCUT2D eigenvalue weighted by molar-refractivity contribution is 5.86. The van der Waals surface area contributed by atoms with Crippen molar-refractivity contribution in [1.82, 2.24) is 0 Å². The Bertz CT molecular complexity index is 366. The van der Waals surface area contributed by atoms with E-state index in [9.17, 15) is 0 Å². The maximum atomic E-state index is 2.27. The van der Waals surface area contributed by atoms with Crippen molar-refractivity contribution in [2.24, 2.45) is 0 Å². The monoisotopic (exact) mass is 175 g/mol. The molecular formula is C11H15N2+. The van der Waals surface area contributed by atoms with Crippen molar-refractivity contribution in [3.05, 3.63) is 29.3 Å². The molecule has 0 bridgehead atoms. The number of rotatable bonds is 0. The lowest BCUT2D eigenvalue weighted by molar-refractivity contribution is -0.492. The number of aryl methyl sites for hydroxylation is 1. The van der Waals surface area contributed by atoms with Gasteiger partial charge >= 0.3 is 0 Å². The second-order valence-electron chi connectivity index (χ2n) is 3.79. The molecule has 68 valence electrons. The van der Waals surface area contributed by atoms with Crippen LogP contribution in [0.5, 0.6) is 0 Å². The molecule has 0 saturated heterocycles. The fourth-order valence-corrected chi connectivity index (χ4v) is 1.78. The Hall–Kier alpha value is -1.31. The van der Waals surface area contributed by atoms with Gasteiger partial charge in [0.25, 0.3) is 0 Å². The molecule has 0 atom stereocenters. The molecule has 13 heavy (non-hydrogen) atoms. The molecule has 1 heterocycles. The van der Waals surface area contributed by atoms with Crippen LogP contribution in [-0.4, -0.2) is 31.6 Å². The summed E-state index contributed by atoms with van der Waals surface area (Å²) in [5.41, 5.74) is 3.96. The van der Waals surface area contributed by atoms with Gasteiger partial charge < -0.3 is 4.90 Å². The highest BCUT2D eigenvalue weighted by Crippen LogP contribution is 2.21. The third-order valence-corrected chi connectivity index (χ3v) is 2.39. The quantitative estimate of drug-likeness (QED) is 0.541. The van der Waals surface area contributed by atoms with Gasteiger partial charge in [0.2, 0.25) is 6.67 Å². The zero-order chi connectivity index (χ0) is 9.42. The smallest absolute Gasteiger partial charge is 0.218 e. The van der Waals surface area contributed by atoms with Crippen LogP contribution in [0.4, 0.5) is 5.69 Å². The average Bonchev–Trinajstić information content (AvgIpc) is 2.06. The first-order valence-electron chi connectivity index (χ1n) is 4.54. The van der Waals surface area contributed by atoms with Gasteiger partial charge in [-0.2, -0.15) is 0 Å². The number of fused-ring (bicyclic) bond motifs is 1. The van der Waals surface area contributed by atoms with Gasteiger partial charge in [0, 0.05) is 7.05 Å². The summed E-state index contributed by atoms with van der Waals surface area (Å²) < 4.78 is 2.19. The van der Waals surface area contributed by atoms with Crippen molar-refractivity contribution in [3.8, 4) is 0 Å². The molecule has 0 spiro atoms. The molecule has 0 N–H and O–H groups in total. The number of anilines is 1. The van der Waals surface area contributed by atoms with Crippen molar-refractivity contribution in [3.63, 3.8) is 0 Å². The molecule has 0 fully saturated rings. The van der Waals surface area contributed by atoms with E-state index in [-0.39, 0.29) is 0 Å². The Balaban J connectivity index is 2.56. The van der Waals surface area contributed by atoms with E-state index >= 15 is 0 Å². The Kier molecular flexibility index (Phi) is 1.83. The van der Waals surface area contributed by atoms with Crippen LogP contribution in [-0.2, 0) is 0 Å². The highest BCUT2D eigenvalue weighted by Gasteiger charge is 2.16. The molecule has 1 aromatic rings. The molecule has 2 heteroatoms. The molecule has 1 aliphatic rings. The van der Waals surface area contributed by atoms with Crippen LogP contribution in [0, 0.1) is 6.92 Å². The maximum Gasteiger partial charge on any atom is 0.218 e. The summed E-state index contributed by atoms with van der Waals surface area (Å²) in [5.74, 6) is 0. The molecule has 0 aliphatic carbocycles. The van der Waals surface area contributed by atoms with Crippen LogP contribution in [0.25, 0.3) is 0 Å². The van der Waals surface area contributed by atoms with E-state index in [2.05, 4.69) is 54.9 Å². The van der Waals surface area contributed by atoms with E-state index in [1.54, 1.807) is 0 Å². The first-order valence-corrected chi connectivity index (χ1v) is 4.54. The van der Waals surface area contributed by atoms with Gasteiger partial charge in [0.15, 0.2) is 6.21 Å². The number of hydrogen-bond acceptors (Lipinski definition) is 1. The summed E-state index contributed by atoms with van der Waals surface area (Å²) in [6, 6.07) is 6.57. The fourth-order valence-electron chi connectivity index (χ4n) is 1.78. The second-order valence-corrected chi connectivity index (χ2v) is 3.79. The maximum absolute atomic E-state index is 2.27. The lowest BCUT2D eigenvalue weighted by Crippen LogP contribution is -2.32. The van der Waals surface area contributed by atoms with Crippen molar-refractivity contribution >= 4 is 11.9 Å². The van der Waals surface area contributed by atoms with Gasteiger partial charge in [-0.3, -0.25) is 0 Å². The molecule has 0 saturated carbocycles. The minimum Gasteiger partial charge on any atom is -0.319 e. The predicted molar refractivity (Wildman–Crippen MR) is 55.8 cm³/mol. The summed E-state index contributed by atoms with van der Waals surface area (Å²) in [5, 5.41) is 0. The third kappa shape index (κ3) is 1.44. The highest BCUT2D eigenvalue weighted by atomic mass is 15.2. The molecule has 1 aromatic carbocycles. The molecule has 2 rings (SSSR count). The van der Waals surface area contributed by atoms with E-state index < -0.39 is 0 Å². The summed E-state index contributed by atoms with van der Waals surface area (Å²) in [6.45, 7) is 3.10. The summed E-state index contributed by atoms with van der Waals surface area (Å²) in [6.07, 6.45) is 2.19. The van der Waals surface area contributed by atoms with Gasteiger partial charge in [-0.1, -0.05) is 6.07 Å². The lowest BCUT2D eigenvalue weighted by atomic mass is 10.1. The largest absolute Gasteiger partial charge is 0.319 e. The topological polar surface area (TPSA) is 6.25 Å².